The minimum atomic E-state index is 0.403. The van der Waals surface area contributed by atoms with E-state index in [9.17, 15) is 0 Å². The van der Waals surface area contributed by atoms with Crippen molar-refractivity contribution in [2.75, 3.05) is 6.54 Å². The smallest absolute Gasteiger partial charge is 0.121 e. The molecule has 2 atom stereocenters. The molecule has 2 nitrogen and oxygen atoms in total. The summed E-state index contributed by atoms with van der Waals surface area (Å²) in [5.74, 6) is 2.94. The molecule has 0 amide bonds. The lowest BCUT2D eigenvalue weighted by Crippen LogP contribution is -2.23. The van der Waals surface area contributed by atoms with Crippen molar-refractivity contribution < 1.29 is 4.42 Å². The number of hydrogen-bond acceptors (Lipinski definition) is 2. The quantitative estimate of drug-likeness (QED) is 0.822. The van der Waals surface area contributed by atoms with Crippen LogP contribution in [0.2, 0.25) is 0 Å². The van der Waals surface area contributed by atoms with Crippen LogP contribution in [0, 0.1) is 11.3 Å². The first-order valence-electron chi connectivity index (χ1n) is 6.40. The fourth-order valence-corrected chi connectivity index (χ4v) is 2.49. The van der Waals surface area contributed by atoms with Crippen LogP contribution < -0.4 is 5.32 Å². The average molecular weight is 221 g/mol. The SMILES string of the molecule is CCNC(c1ccc(CC)o1)C1CC1(C)C. The number of rotatable bonds is 5. The molecule has 0 saturated heterocycles. The van der Waals surface area contributed by atoms with Crippen molar-refractivity contribution in [2.45, 2.75) is 46.6 Å². The highest BCUT2D eigenvalue weighted by atomic mass is 16.3. The molecule has 2 heteroatoms. The van der Waals surface area contributed by atoms with Gasteiger partial charge in [-0.3, -0.25) is 0 Å². The third-order valence-electron chi connectivity index (χ3n) is 3.75. The van der Waals surface area contributed by atoms with Gasteiger partial charge in [0, 0.05) is 6.42 Å². The van der Waals surface area contributed by atoms with Crippen LogP contribution in [-0.2, 0) is 6.42 Å². The molecule has 0 spiro atoms. The summed E-state index contributed by atoms with van der Waals surface area (Å²) in [6, 6.07) is 4.65. The predicted octanol–water partition coefficient (Wildman–Crippen LogP) is 3.54. The number of furan rings is 1. The summed E-state index contributed by atoms with van der Waals surface area (Å²) >= 11 is 0. The van der Waals surface area contributed by atoms with E-state index in [2.05, 4.69) is 45.1 Å². The van der Waals surface area contributed by atoms with E-state index in [1.165, 1.54) is 6.42 Å². The van der Waals surface area contributed by atoms with E-state index in [-0.39, 0.29) is 0 Å². The van der Waals surface area contributed by atoms with Gasteiger partial charge in [0.25, 0.3) is 0 Å². The zero-order valence-corrected chi connectivity index (χ0v) is 10.8. The number of nitrogens with one attached hydrogen (secondary N) is 1. The first kappa shape index (κ1) is 11.7. The second-order valence-electron chi connectivity index (χ2n) is 5.49. The summed E-state index contributed by atoms with van der Waals surface area (Å²) in [7, 11) is 0. The fourth-order valence-electron chi connectivity index (χ4n) is 2.49. The predicted molar refractivity (Wildman–Crippen MR) is 66.4 cm³/mol. The van der Waals surface area contributed by atoms with Crippen LogP contribution in [0.5, 0.6) is 0 Å². The molecule has 1 saturated carbocycles. The van der Waals surface area contributed by atoms with Crippen molar-refractivity contribution in [1.82, 2.24) is 5.32 Å². The maximum atomic E-state index is 5.88. The maximum Gasteiger partial charge on any atom is 0.121 e. The molecular formula is C14H23NO. The number of hydrogen-bond donors (Lipinski definition) is 1. The van der Waals surface area contributed by atoms with Crippen LogP contribution in [-0.4, -0.2) is 6.54 Å². The lowest BCUT2D eigenvalue weighted by Gasteiger charge is -2.17. The van der Waals surface area contributed by atoms with Gasteiger partial charge >= 0.3 is 0 Å². The molecule has 0 bridgehead atoms. The molecule has 1 heterocycles. The van der Waals surface area contributed by atoms with Crippen molar-refractivity contribution >= 4 is 0 Å². The van der Waals surface area contributed by atoms with Crippen molar-refractivity contribution in [2.24, 2.45) is 11.3 Å². The molecule has 16 heavy (non-hydrogen) atoms. The molecule has 90 valence electrons. The molecular weight excluding hydrogens is 198 g/mol. The number of aryl methyl sites for hydroxylation is 1. The zero-order chi connectivity index (χ0) is 11.8. The normalized spacial score (nSPS) is 24.4. The van der Waals surface area contributed by atoms with E-state index in [1.807, 2.05) is 0 Å². The first-order valence-corrected chi connectivity index (χ1v) is 6.40. The van der Waals surface area contributed by atoms with E-state index in [1.54, 1.807) is 0 Å². The third-order valence-corrected chi connectivity index (χ3v) is 3.75. The Labute approximate surface area is 98.4 Å². The van der Waals surface area contributed by atoms with Gasteiger partial charge in [0.15, 0.2) is 0 Å². The summed E-state index contributed by atoms with van der Waals surface area (Å²) in [6.07, 6.45) is 2.28. The Bertz CT molecular complexity index is 353. The molecule has 1 aliphatic rings. The Kier molecular flexibility index (Phi) is 3.11. The van der Waals surface area contributed by atoms with Crippen LogP contribution in [0.1, 0.15) is 51.7 Å². The molecule has 0 radical (unpaired) electrons. The monoisotopic (exact) mass is 221 g/mol. The van der Waals surface area contributed by atoms with Gasteiger partial charge in [-0.2, -0.15) is 0 Å². The van der Waals surface area contributed by atoms with E-state index in [0.29, 0.717) is 11.5 Å². The summed E-state index contributed by atoms with van der Waals surface area (Å²) in [6.45, 7) is 9.97. The Morgan fingerprint density at radius 3 is 2.56 bits per heavy atom. The summed E-state index contributed by atoms with van der Waals surface area (Å²) in [5.41, 5.74) is 0.478. The highest BCUT2D eigenvalue weighted by Gasteiger charge is 2.51. The van der Waals surface area contributed by atoms with Crippen molar-refractivity contribution in [3.63, 3.8) is 0 Å². The minimum Gasteiger partial charge on any atom is -0.464 e. The van der Waals surface area contributed by atoms with Gasteiger partial charge in [-0.05, 0) is 36.4 Å². The fraction of sp³-hybridized carbons (Fsp3) is 0.714. The molecule has 2 rings (SSSR count). The van der Waals surface area contributed by atoms with Gasteiger partial charge in [0.05, 0.1) is 6.04 Å². The Morgan fingerprint density at radius 2 is 2.12 bits per heavy atom. The van der Waals surface area contributed by atoms with E-state index in [4.69, 9.17) is 4.42 Å². The summed E-state index contributed by atoms with van der Waals surface area (Å²) < 4.78 is 5.88. The second kappa shape index (κ2) is 4.25. The molecule has 2 unspecified atom stereocenters. The largest absolute Gasteiger partial charge is 0.464 e. The average Bonchev–Trinajstić information content (AvgIpc) is 2.69. The van der Waals surface area contributed by atoms with Gasteiger partial charge in [-0.25, -0.2) is 0 Å². The topological polar surface area (TPSA) is 25.2 Å². The van der Waals surface area contributed by atoms with Crippen LogP contribution in [0.3, 0.4) is 0 Å². The molecule has 0 aromatic carbocycles. The van der Waals surface area contributed by atoms with Crippen molar-refractivity contribution in [3.8, 4) is 0 Å². The van der Waals surface area contributed by atoms with E-state index < -0.39 is 0 Å². The molecule has 1 fully saturated rings. The molecule has 0 aliphatic heterocycles. The first-order chi connectivity index (χ1) is 7.58. The second-order valence-corrected chi connectivity index (χ2v) is 5.49. The summed E-state index contributed by atoms with van der Waals surface area (Å²) in [4.78, 5) is 0. The Balaban J connectivity index is 2.13. The van der Waals surface area contributed by atoms with Gasteiger partial charge in [0.2, 0.25) is 0 Å². The zero-order valence-electron chi connectivity index (χ0n) is 10.8. The van der Waals surface area contributed by atoms with Crippen LogP contribution >= 0.6 is 0 Å². The Morgan fingerprint density at radius 1 is 1.44 bits per heavy atom. The lowest BCUT2D eigenvalue weighted by atomic mass is 10.0. The molecule has 1 N–H and O–H groups in total. The van der Waals surface area contributed by atoms with Gasteiger partial charge in [-0.1, -0.05) is 27.7 Å². The third kappa shape index (κ3) is 2.17. The van der Waals surface area contributed by atoms with Crippen molar-refractivity contribution in [3.05, 3.63) is 23.7 Å². The summed E-state index contributed by atoms with van der Waals surface area (Å²) in [5, 5.41) is 3.56. The van der Waals surface area contributed by atoms with Crippen molar-refractivity contribution in [1.29, 1.82) is 0 Å². The van der Waals surface area contributed by atoms with E-state index >= 15 is 0 Å². The van der Waals surface area contributed by atoms with Crippen LogP contribution in [0.4, 0.5) is 0 Å². The highest BCUT2D eigenvalue weighted by molar-refractivity contribution is 5.16. The van der Waals surface area contributed by atoms with Crippen LogP contribution in [0.15, 0.2) is 16.5 Å². The minimum absolute atomic E-state index is 0.403. The Hall–Kier alpha value is -0.760. The van der Waals surface area contributed by atoms with E-state index in [0.717, 1.165) is 30.4 Å². The molecule has 1 aromatic heterocycles. The maximum absolute atomic E-state index is 5.88. The van der Waals surface area contributed by atoms with Gasteiger partial charge in [0.1, 0.15) is 11.5 Å². The molecule has 1 aromatic rings. The van der Waals surface area contributed by atoms with Gasteiger partial charge in [-0.15, -0.1) is 0 Å². The lowest BCUT2D eigenvalue weighted by molar-refractivity contribution is 0.344. The highest BCUT2D eigenvalue weighted by Crippen LogP contribution is 2.57. The van der Waals surface area contributed by atoms with Gasteiger partial charge < -0.3 is 9.73 Å². The van der Waals surface area contributed by atoms with Crippen LogP contribution in [0.25, 0.3) is 0 Å². The molecule has 1 aliphatic carbocycles. The standard InChI is InChI=1S/C14H23NO/c1-5-10-7-8-12(16-10)13(15-6-2)11-9-14(11,3)4/h7-8,11,13,15H,5-6,9H2,1-4H3.